The molecular weight excluding hydrogens is 1160 g/mol. The number of hydrogen-bond acceptors (Lipinski definition) is 22. The van der Waals surface area contributed by atoms with Crippen molar-refractivity contribution >= 4 is 72.7 Å². The van der Waals surface area contributed by atoms with E-state index in [-0.39, 0.29) is 53.5 Å². The summed E-state index contributed by atoms with van der Waals surface area (Å²) < 4.78 is 88.2. The van der Waals surface area contributed by atoms with Crippen LogP contribution < -0.4 is 25.7 Å². The molecule has 9 atom stereocenters. The number of nitriles is 1. The maximum atomic E-state index is 18.1. The summed E-state index contributed by atoms with van der Waals surface area (Å²) in [6, 6.07) is 34.1. The van der Waals surface area contributed by atoms with Gasteiger partial charge in [-0.05, 0) is 64.9 Å². The summed E-state index contributed by atoms with van der Waals surface area (Å²) in [5, 5.41) is 31.4. The number of nitrogens with one attached hydrogen (secondary N) is 3. The molecule has 4 N–H and O–H groups in total. The first-order chi connectivity index (χ1) is 40.6. The highest BCUT2D eigenvalue weighted by Crippen LogP contribution is 2.55. The van der Waals surface area contributed by atoms with Gasteiger partial charge in [-0.2, -0.15) is 19.6 Å². The fourth-order valence-electron chi connectivity index (χ4n) is 9.46. The minimum absolute atomic E-state index is 0.00597. The van der Waals surface area contributed by atoms with Gasteiger partial charge in [-0.1, -0.05) is 97.1 Å². The number of hydrogen-bond donors (Lipinski definition) is 4. The Bertz CT molecular complexity index is 3760. The zero-order chi connectivity index (χ0) is 59.1. The predicted molar refractivity (Wildman–Crippen MR) is 300 cm³/mol. The number of nitrogens with zero attached hydrogens (tertiary/aromatic N) is 10. The molecular formula is C53H54FN13O14P2S. The lowest BCUT2D eigenvalue weighted by atomic mass is 9.80. The average molecular weight is 1210 g/mol. The Hall–Kier alpha value is -7.84. The Kier molecular flexibility index (Phi) is 18.3. The maximum absolute atomic E-state index is 18.1. The molecule has 2 unspecified atom stereocenters. The molecule has 4 aromatic heterocycles. The Morgan fingerprint density at radius 1 is 0.869 bits per heavy atom. The van der Waals surface area contributed by atoms with E-state index >= 15 is 4.39 Å². The number of amides is 2. The lowest BCUT2D eigenvalue weighted by Crippen LogP contribution is -2.40. The van der Waals surface area contributed by atoms with Crippen molar-refractivity contribution in [3.05, 3.63) is 148 Å². The third-order valence-electron chi connectivity index (χ3n) is 13.5. The summed E-state index contributed by atoms with van der Waals surface area (Å²) in [6.45, 7) is -2.29. The van der Waals surface area contributed by atoms with E-state index < -0.39 is 100 Å². The van der Waals surface area contributed by atoms with E-state index in [2.05, 4.69) is 51.2 Å². The van der Waals surface area contributed by atoms with Crippen LogP contribution in [0.25, 0.3) is 22.3 Å². The molecule has 2 fully saturated rings. The van der Waals surface area contributed by atoms with Gasteiger partial charge in [0.1, 0.15) is 41.7 Å². The number of fused-ring (bicyclic) bond motifs is 2. The fraction of sp³-hybridized carbons (Fsp3) is 0.340. The van der Waals surface area contributed by atoms with E-state index in [0.717, 1.165) is 15.7 Å². The summed E-state index contributed by atoms with van der Waals surface area (Å²) in [6.07, 6.45) is -9.95. The summed E-state index contributed by atoms with van der Waals surface area (Å²) in [5.41, 5.74) is -0.448. The van der Waals surface area contributed by atoms with Gasteiger partial charge in [-0.3, -0.25) is 33.8 Å². The molecule has 27 nitrogen and oxygen atoms in total. The van der Waals surface area contributed by atoms with Gasteiger partial charge in [0.25, 0.3) is 11.5 Å². The SMILES string of the molecule is COc1ccc(C(OC[C@H]2O[C@@H](n3nnc4c(NC(=O)c5ccccc5)ncnc43)[C@@H](F)[C@@H]2OP(=S)(OCCC#N)OC[C@@H]2C[C@H](O[PH](=O)O)[C@H](n3nnc4c(=O)[nH]c(NC(=O)C(C)C)nc43)O2)(c2ccccc2)c2ccc(OC)cc2)cc1. The second-order valence-electron chi connectivity index (χ2n) is 19.2. The van der Waals surface area contributed by atoms with E-state index in [1.807, 2.05) is 60.7 Å². The number of benzene rings is 4. The van der Waals surface area contributed by atoms with Crippen molar-refractivity contribution < 1.29 is 65.2 Å². The van der Waals surface area contributed by atoms with Crippen LogP contribution >= 0.6 is 15.0 Å². The molecule has 0 saturated carbocycles. The number of carbonyl (C=O) groups is 2. The van der Waals surface area contributed by atoms with Crippen molar-refractivity contribution in [2.24, 2.45) is 5.92 Å². The van der Waals surface area contributed by atoms with Gasteiger partial charge >= 0.3 is 15.0 Å². The number of ether oxygens (including phenoxy) is 5. The molecule has 2 amide bonds. The van der Waals surface area contributed by atoms with Crippen LogP contribution in [-0.2, 0) is 59.1 Å². The number of aromatic amines is 1. The summed E-state index contributed by atoms with van der Waals surface area (Å²) in [7, 11) is -0.574. The zero-order valence-electron chi connectivity index (χ0n) is 45.1. The Balaban J connectivity index is 1.00. The van der Waals surface area contributed by atoms with Gasteiger partial charge in [-0.15, -0.1) is 10.2 Å². The van der Waals surface area contributed by atoms with Crippen LogP contribution in [0.2, 0.25) is 0 Å². The summed E-state index contributed by atoms with van der Waals surface area (Å²) in [4.78, 5) is 64.4. The van der Waals surface area contributed by atoms with Crippen molar-refractivity contribution in [1.82, 2.24) is 49.9 Å². The number of halogens is 1. The second kappa shape index (κ2) is 26.0. The molecule has 6 heterocycles. The maximum Gasteiger partial charge on any atom is 0.327 e. The van der Waals surface area contributed by atoms with Crippen LogP contribution in [0.1, 0.15) is 66.2 Å². The largest absolute Gasteiger partial charge is 0.497 e. The number of rotatable bonds is 24. The van der Waals surface area contributed by atoms with Crippen molar-refractivity contribution in [2.45, 2.75) is 75.3 Å². The molecule has 31 heteroatoms. The minimum Gasteiger partial charge on any atom is -0.497 e. The first-order valence-corrected chi connectivity index (χ1v) is 29.8. The highest BCUT2D eigenvalue weighted by Gasteiger charge is 2.53. The molecule has 2 saturated heterocycles. The molecule has 0 bridgehead atoms. The number of alkyl halides is 1. The quantitative estimate of drug-likeness (QED) is 0.0286. The van der Waals surface area contributed by atoms with Crippen LogP contribution in [0.15, 0.2) is 120 Å². The zero-order valence-corrected chi connectivity index (χ0v) is 47.8. The van der Waals surface area contributed by atoms with Crippen LogP contribution in [0.3, 0.4) is 0 Å². The standard InChI is InChI=1S/C53H54FN13O14P2S/c1-30(2)47(68)60-52-59-46-42(49(70)61-52)63-65-67(46)50-38(80-82(71)72)26-37(78-50)27-77-83(84,76-25-11-24-55)81-43-39(79-51(40(43)54)66-45-41(62-64-66)44(56-29-57-45)58-48(69)31-12-7-5-8-13-31)28-75-53(32-14-9-6-10-15-32,33-16-20-35(73-3)21-17-33)34-18-22-36(74-4)23-19-34/h5-10,12-23,29-30,37-40,43,50-51,82H,11,25-28H2,1-4H3,(H,71,72)(H,56,57,58,69)(H2,59,60,61,68,70)/t37-,38-,39+,40-,43+,50+,51+,83?/m0/s1. The van der Waals surface area contributed by atoms with Crippen molar-refractivity contribution in [3.8, 4) is 17.6 Å². The molecule has 438 valence electrons. The molecule has 0 radical (unpaired) electrons. The van der Waals surface area contributed by atoms with Crippen LogP contribution in [-0.4, -0.2) is 131 Å². The topological polar surface area (TPSA) is 335 Å². The lowest BCUT2D eigenvalue weighted by Gasteiger charge is -2.37. The van der Waals surface area contributed by atoms with E-state index in [0.29, 0.717) is 33.8 Å². The van der Waals surface area contributed by atoms with Crippen LogP contribution in [0, 0.1) is 17.2 Å². The number of H-pyrrole nitrogens is 1. The molecule has 0 spiro atoms. The Labute approximate surface area is 482 Å². The minimum atomic E-state index is -4.29. The highest BCUT2D eigenvalue weighted by atomic mass is 32.5. The van der Waals surface area contributed by atoms with Gasteiger partial charge in [0.05, 0.1) is 52.6 Å². The third kappa shape index (κ3) is 12.6. The first-order valence-electron chi connectivity index (χ1n) is 26.0. The molecule has 2 aliphatic heterocycles. The normalized spacial score (nSPS) is 20.8. The molecule has 84 heavy (non-hydrogen) atoms. The second-order valence-corrected chi connectivity index (χ2v) is 22.9. The monoisotopic (exact) mass is 1210 g/mol. The molecule has 4 aromatic carbocycles. The number of carbonyl (C=O) groups excluding carboxylic acids is 2. The van der Waals surface area contributed by atoms with Crippen LogP contribution in [0.4, 0.5) is 16.2 Å². The summed E-state index contributed by atoms with van der Waals surface area (Å²) >= 11 is 6.06. The fourth-order valence-corrected chi connectivity index (χ4v) is 12.0. The van der Waals surface area contributed by atoms with Gasteiger partial charge in [0.15, 0.2) is 46.8 Å². The van der Waals surface area contributed by atoms with E-state index in [9.17, 15) is 29.1 Å². The molecule has 8 aromatic rings. The lowest BCUT2D eigenvalue weighted by molar-refractivity contribution is -0.118. The van der Waals surface area contributed by atoms with Gasteiger partial charge in [0, 0.05) is 17.9 Å². The van der Waals surface area contributed by atoms with E-state index in [4.69, 9.17) is 53.6 Å². The molecule has 10 rings (SSSR count). The number of anilines is 2. The van der Waals surface area contributed by atoms with Gasteiger partial charge < -0.3 is 47.5 Å². The average Bonchev–Trinajstić information content (AvgIpc) is 3.70. The Morgan fingerprint density at radius 3 is 2.13 bits per heavy atom. The third-order valence-corrected chi connectivity index (χ3v) is 16.4. The number of aromatic nitrogens is 10. The Morgan fingerprint density at radius 2 is 1.50 bits per heavy atom. The van der Waals surface area contributed by atoms with Crippen molar-refractivity contribution in [3.63, 3.8) is 0 Å². The van der Waals surface area contributed by atoms with Crippen molar-refractivity contribution in [1.29, 1.82) is 5.26 Å². The van der Waals surface area contributed by atoms with E-state index in [1.165, 1.54) is 0 Å². The molecule has 2 aliphatic rings. The highest BCUT2D eigenvalue weighted by molar-refractivity contribution is 8.07. The smallest absolute Gasteiger partial charge is 0.327 e. The van der Waals surface area contributed by atoms with E-state index in [1.54, 1.807) is 82.7 Å². The van der Waals surface area contributed by atoms with Gasteiger partial charge in [-0.25, -0.2) is 14.4 Å². The van der Waals surface area contributed by atoms with Crippen LogP contribution in [0.5, 0.6) is 11.5 Å². The predicted octanol–water partition coefficient (Wildman–Crippen LogP) is 6.47. The summed E-state index contributed by atoms with van der Waals surface area (Å²) in [5.74, 6) is -0.573. The first kappa shape index (κ1) is 59.3. The van der Waals surface area contributed by atoms with Gasteiger partial charge in [0.2, 0.25) is 11.9 Å². The molecule has 0 aliphatic carbocycles. The van der Waals surface area contributed by atoms with Crippen molar-refractivity contribution in [2.75, 3.05) is 44.7 Å². The number of methoxy groups -OCH3 is 2.